The van der Waals surface area contributed by atoms with Gasteiger partial charge < -0.3 is 18.9 Å². The summed E-state index contributed by atoms with van der Waals surface area (Å²) in [5.74, 6) is -1.18. The lowest BCUT2D eigenvalue weighted by atomic mass is 10.1. The minimum Gasteiger partial charge on any atom is -0.456 e. The number of hydrogen-bond acceptors (Lipinski definition) is 9. The van der Waals surface area contributed by atoms with Gasteiger partial charge in [0.15, 0.2) is 29.2 Å². The standard InChI is InChI=1S/C17H18Cl2N4O6/c1-7(24)27-12-10(5-26-9-3-4-9)29-16(13(12)28-8(2)25)23-6-20-11-14(18)21-17(19)22-15(11)23/h6,9-10,12-13,16H,3-5H2,1-2H3/t10-,12-,13-,16?/m1/s1/i9D. The van der Waals surface area contributed by atoms with Gasteiger partial charge in [-0.2, -0.15) is 4.98 Å². The molecule has 10 nitrogen and oxygen atoms in total. The van der Waals surface area contributed by atoms with Crippen molar-refractivity contribution in [3.05, 3.63) is 16.8 Å². The third-order valence-electron chi connectivity index (χ3n) is 4.42. The predicted octanol–water partition coefficient (Wildman–Crippen LogP) is 2.07. The van der Waals surface area contributed by atoms with E-state index < -0.39 is 42.6 Å². The van der Waals surface area contributed by atoms with Gasteiger partial charge in [-0.3, -0.25) is 14.2 Å². The van der Waals surface area contributed by atoms with E-state index in [1.54, 1.807) is 0 Å². The third-order valence-corrected chi connectivity index (χ3v) is 4.85. The summed E-state index contributed by atoms with van der Waals surface area (Å²) in [6, 6.07) is 0. The molecule has 2 aromatic rings. The first-order valence-electron chi connectivity index (χ1n) is 9.36. The highest BCUT2D eigenvalue weighted by Crippen LogP contribution is 2.37. The summed E-state index contributed by atoms with van der Waals surface area (Å²) < 4.78 is 32.0. The highest BCUT2D eigenvalue weighted by molar-refractivity contribution is 6.35. The molecule has 2 aliphatic rings. The monoisotopic (exact) mass is 445 g/mol. The molecule has 3 heterocycles. The van der Waals surface area contributed by atoms with Crippen molar-refractivity contribution in [1.29, 1.82) is 0 Å². The second-order valence-corrected chi connectivity index (χ2v) is 7.37. The van der Waals surface area contributed by atoms with Crippen LogP contribution >= 0.6 is 23.2 Å². The van der Waals surface area contributed by atoms with Crippen LogP contribution < -0.4 is 0 Å². The molecule has 0 radical (unpaired) electrons. The Hall–Kier alpha value is -2.01. The van der Waals surface area contributed by atoms with E-state index >= 15 is 0 Å². The van der Waals surface area contributed by atoms with E-state index in [-0.39, 0.29) is 28.2 Å². The number of imidazole rings is 1. The zero-order valence-electron chi connectivity index (χ0n) is 16.5. The summed E-state index contributed by atoms with van der Waals surface area (Å²) in [4.78, 5) is 35.7. The zero-order valence-corrected chi connectivity index (χ0v) is 17.0. The number of hydrogen-bond donors (Lipinski definition) is 0. The van der Waals surface area contributed by atoms with Gasteiger partial charge in [0.1, 0.15) is 11.6 Å². The molecule has 1 unspecified atom stereocenters. The van der Waals surface area contributed by atoms with E-state index in [9.17, 15) is 9.59 Å². The molecule has 4 rings (SSSR count). The van der Waals surface area contributed by atoms with Crippen molar-refractivity contribution < 1.29 is 29.9 Å². The molecule has 0 bridgehead atoms. The molecule has 156 valence electrons. The Balaban J connectivity index is 1.71. The Labute approximate surface area is 176 Å². The van der Waals surface area contributed by atoms with Crippen molar-refractivity contribution in [3.8, 4) is 0 Å². The number of aromatic nitrogens is 4. The molecule has 29 heavy (non-hydrogen) atoms. The highest BCUT2D eigenvalue weighted by atomic mass is 35.5. The van der Waals surface area contributed by atoms with Crippen LogP contribution in [0.4, 0.5) is 0 Å². The number of esters is 2. The molecule has 0 spiro atoms. The summed E-state index contributed by atoms with van der Waals surface area (Å²) >= 11 is 12.0. The largest absolute Gasteiger partial charge is 0.456 e. The van der Waals surface area contributed by atoms with Gasteiger partial charge in [-0.05, 0) is 24.4 Å². The lowest BCUT2D eigenvalue weighted by molar-refractivity contribution is -0.166. The molecule has 2 fully saturated rings. The number of nitrogens with zero attached hydrogens (tertiary/aromatic N) is 4. The van der Waals surface area contributed by atoms with E-state index in [0.29, 0.717) is 12.8 Å². The number of carbonyl (C=O) groups is 2. The van der Waals surface area contributed by atoms with Crippen LogP contribution in [0.3, 0.4) is 0 Å². The van der Waals surface area contributed by atoms with Crippen LogP contribution in [0.1, 0.15) is 34.3 Å². The van der Waals surface area contributed by atoms with Crippen molar-refractivity contribution in [3.63, 3.8) is 0 Å². The van der Waals surface area contributed by atoms with Gasteiger partial charge >= 0.3 is 11.9 Å². The molecule has 2 aromatic heterocycles. The van der Waals surface area contributed by atoms with Gasteiger partial charge in [0.05, 0.1) is 20.4 Å². The van der Waals surface area contributed by atoms with Crippen molar-refractivity contribution >= 4 is 46.3 Å². The molecule has 12 heteroatoms. The first-order valence-corrected chi connectivity index (χ1v) is 9.62. The van der Waals surface area contributed by atoms with Crippen molar-refractivity contribution in [2.75, 3.05) is 6.61 Å². The molecular weight excluding hydrogens is 427 g/mol. The van der Waals surface area contributed by atoms with E-state index in [0.717, 1.165) is 0 Å². The van der Waals surface area contributed by atoms with Crippen molar-refractivity contribution in [1.82, 2.24) is 19.5 Å². The van der Waals surface area contributed by atoms with E-state index in [1.165, 1.54) is 24.7 Å². The molecule has 0 amide bonds. The number of ether oxygens (including phenoxy) is 4. The third kappa shape index (κ3) is 4.30. The van der Waals surface area contributed by atoms with Crippen LogP contribution in [0.2, 0.25) is 10.4 Å². The second kappa shape index (κ2) is 8.02. The summed E-state index contributed by atoms with van der Waals surface area (Å²) in [6.07, 6.45) is -2.10. The van der Waals surface area contributed by atoms with Gasteiger partial charge in [-0.15, -0.1) is 0 Å². The average molecular weight is 446 g/mol. The molecule has 1 saturated carbocycles. The lowest BCUT2D eigenvalue weighted by Crippen LogP contribution is -2.40. The normalized spacial score (nSPS) is 28.2. The average Bonchev–Trinajstić information content (AvgIpc) is 3.09. The Morgan fingerprint density at radius 2 is 1.93 bits per heavy atom. The van der Waals surface area contributed by atoms with Gasteiger partial charge in [-0.25, -0.2) is 9.97 Å². The van der Waals surface area contributed by atoms with Crippen LogP contribution in [-0.4, -0.2) is 62.5 Å². The number of halogens is 2. The van der Waals surface area contributed by atoms with Crippen LogP contribution in [0.5, 0.6) is 0 Å². The van der Waals surface area contributed by atoms with Crippen LogP contribution in [0.25, 0.3) is 11.2 Å². The molecule has 1 aliphatic carbocycles. The number of rotatable bonds is 6. The van der Waals surface area contributed by atoms with Gasteiger partial charge in [-0.1, -0.05) is 11.6 Å². The Morgan fingerprint density at radius 1 is 1.24 bits per heavy atom. The Morgan fingerprint density at radius 3 is 2.59 bits per heavy atom. The maximum Gasteiger partial charge on any atom is 0.303 e. The lowest BCUT2D eigenvalue weighted by Gasteiger charge is -2.23. The maximum atomic E-state index is 11.8. The second-order valence-electron chi connectivity index (χ2n) is 6.67. The smallest absolute Gasteiger partial charge is 0.303 e. The Kier molecular flexibility index (Phi) is 5.25. The summed E-state index contributed by atoms with van der Waals surface area (Å²) in [6.45, 7) is 2.44. The fourth-order valence-electron chi connectivity index (χ4n) is 3.16. The van der Waals surface area contributed by atoms with E-state index in [1.807, 2.05) is 0 Å². The number of carbonyl (C=O) groups excluding carboxylic acids is 2. The predicted molar refractivity (Wildman–Crippen MR) is 99.3 cm³/mol. The quantitative estimate of drug-likeness (QED) is 0.374. The van der Waals surface area contributed by atoms with Gasteiger partial charge in [0.25, 0.3) is 0 Å². The number of fused-ring (bicyclic) bond motifs is 1. The molecular formula is C17H18Cl2N4O6. The topological polar surface area (TPSA) is 115 Å². The van der Waals surface area contributed by atoms with E-state index in [2.05, 4.69) is 15.0 Å². The first kappa shape index (κ1) is 19.0. The summed E-state index contributed by atoms with van der Waals surface area (Å²) in [7, 11) is 0. The summed E-state index contributed by atoms with van der Waals surface area (Å²) in [5, 5.41) is -0.0512. The SMILES string of the molecule is [2H]C1(OC[C@H]2OC(n3cnc4c(Cl)nc(Cl)nc43)[C@H](OC(C)=O)[C@@H]2OC(C)=O)CC1. The van der Waals surface area contributed by atoms with Crippen molar-refractivity contribution in [2.45, 2.75) is 57.3 Å². The first-order chi connectivity index (χ1) is 14.2. The highest BCUT2D eigenvalue weighted by Gasteiger charge is 2.51. The van der Waals surface area contributed by atoms with Crippen LogP contribution in [0.15, 0.2) is 6.33 Å². The molecule has 1 saturated heterocycles. The maximum absolute atomic E-state index is 11.8. The van der Waals surface area contributed by atoms with Crippen molar-refractivity contribution in [2.24, 2.45) is 0 Å². The molecule has 0 N–H and O–H groups in total. The van der Waals surface area contributed by atoms with Gasteiger partial charge in [0.2, 0.25) is 5.28 Å². The van der Waals surface area contributed by atoms with Crippen LogP contribution in [0, 0.1) is 0 Å². The Bertz CT molecular complexity index is 1000. The molecule has 4 atom stereocenters. The zero-order chi connectivity index (χ0) is 21.6. The van der Waals surface area contributed by atoms with Gasteiger partial charge in [0, 0.05) is 13.8 Å². The minimum absolute atomic E-state index is 0.0289. The van der Waals surface area contributed by atoms with Crippen LogP contribution in [-0.2, 0) is 28.5 Å². The fraction of sp³-hybridized carbons (Fsp3) is 0.588. The minimum atomic E-state index is -1.02. The summed E-state index contributed by atoms with van der Waals surface area (Å²) in [5.41, 5.74) is 0.530. The molecule has 1 aliphatic heterocycles. The van der Waals surface area contributed by atoms with E-state index in [4.69, 9.17) is 43.5 Å². The molecule has 0 aromatic carbocycles. The fourth-order valence-corrected chi connectivity index (χ4v) is 3.58.